The number of hydrogen-bond donors (Lipinski definition) is 2. The fraction of sp³-hybridized carbons (Fsp3) is 0.194. The van der Waals surface area contributed by atoms with Gasteiger partial charge in [0.15, 0.2) is 0 Å². The number of likely N-dealkylation sites (N-methyl/N-ethyl adjacent to an activating group) is 1. The standard InChI is InChI=1S/C31H29N7O3/c1-4-40-29-16-26-25(15-27(29)37-30(39)9-7-13-38(2)3)31(22(18-33)19-35-26)36-23-10-11-28(21(14-23)17-32)41-20-24-8-5-6-12-34-24/h5-12,14-16,19H,4,13,20H2,1-3H3,(H,35,36)(H,37,39)/b9-7+. The molecule has 10 heteroatoms. The quantitative estimate of drug-likeness (QED) is 0.244. The summed E-state index contributed by atoms with van der Waals surface area (Å²) in [5.41, 5.74) is 3.40. The highest BCUT2D eigenvalue weighted by Crippen LogP contribution is 2.36. The van der Waals surface area contributed by atoms with Gasteiger partial charge in [-0.15, -0.1) is 0 Å². The first kappa shape index (κ1) is 28.6. The molecule has 0 fully saturated rings. The molecular formula is C31H29N7O3. The van der Waals surface area contributed by atoms with E-state index in [4.69, 9.17) is 9.47 Å². The Morgan fingerprint density at radius 3 is 2.56 bits per heavy atom. The van der Waals surface area contributed by atoms with Gasteiger partial charge in [-0.25, -0.2) is 0 Å². The first-order valence-corrected chi connectivity index (χ1v) is 12.9. The van der Waals surface area contributed by atoms with E-state index in [1.165, 1.54) is 12.3 Å². The van der Waals surface area contributed by atoms with Gasteiger partial charge >= 0.3 is 0 Å². The van der Waals surface area contributed by atoms with E-state index in [0.29, 0.717) is 63.7 Å². The van der Waals surface area contributed by atoms with Crippen LogP contribution in [0.5, 0.6) is 11.5 Å². The van der Waals surface area contributed by atoms with Gasteiger partial charge in [-0.3, -0.25) is 14.8 Å². The van der Waals surface area contributed by atoms with Crippen molar-refractivity contribution < 1.29 is 14.3 Å². The van der Waals surface area contributed by atoms with Crippen LogP contribution in [0.2, 0.25) is 0 Å². The van der Waals surface area contributed by atoms with E-state index in [-0.39, 0.29) is 12.5 Å². The van der Waals surface area contributed by atoms with Gasteiger partial charge in [0.05, 0.1) is 40.3 Å². The Morgan fingerprint density at radius 1 is 1.02 bits per heavy atom. The molecule has 206 valence electrons. The highest BCUT2D eigenvalue weighted by atomic mass is 16.5. The molecule has 2 aromatic heterocycles. The van der Waals surface area contributed by atoms with E-state index in [9.17, 15) is 15.3 Å². The van der Waals surface area contributed by atoms with Crippen molar-refractivity contribution in [3.05, 3.63) is 89.9 Å². The number of nitriles is 2. The summed E-state index contributed by atoms with van der Waals surface area (Å²) in [6.07, 6.45) is 6.37. The minimum atomic E-state index is -0.314. The molecule has 0 unspecified atom stereocenters. The number of pyridine rings is 2. The lowest BCUT2D eigenvalue weighted by atomic mass is 10.1. The molecule has 1 amide bonds. The van der Waals surface area contributed by atoms with Crippen molar-refractivity contribution >= 4 is 33.9 Å². The second kappa shape index (κ2) is 13.6. The fourth-order valence-corrected chi connectivity index (χ4v) is 3.96. The molecule has 2 N–H and O–H groups in total. The molecule has 2 heterocycles. The Labute approximate surface area is 238 Å². The Kier molecular flexibility index (Phi) is 9.45. The van der Waals surface area contributed by atoms with Crippen molar-refractivity contribution in [2.24, 2.45) is 0 Å². The maximum absolute atomic E-state index is 12.6. The molecule has 0 atom stereocenters. The van der Waals surface area contributed by atoms with Crippen LogP contribution < -0.4 is 20.1 Å². The van der Waals surface area contributed by atoms with Crippen LogP contribution in [-0.4, -0.2) is 48.0 Å². The first-order valence-electron chi connectivity index (χ1n) is 12.9. The number of benzene rings is 2. The Balaban J connectivity index is 1.67. The summed E-state index contributed by atoms with van der Waals surface area (Å²) >= 11 is 0. The molecule has 0 aliphatic carbocycles. The van der Waals surface area contributed by atoms with Crippen LogP contribution in [0.4, 0.5) is 17.1 Å². The number of anilines is 3. The molecular weight excluding hydrogens is 518 g/mol. The van der Waals surface area contributed by atoms with E-state index < -0.39 is 0 Å². The van der Waals surface area contributed by atoms with E-state index in [2.05, 4.69) is 32.7 Å². The van der Waals surface area contributed by atoms with Crippen molar-refractivity contribution in [1.29, 1.82) is 10.5 Å². The number of nitrogens with one attached hydrogen (secondary N) is 2. The average molecular weight is 548 g/mol. The normalized spacial score (nSPS) is 10.8. The predicted molar refractivity (Wildman–Crippen MR) is 157 cm³/mol. The minimum Gasteiger partial charge on any atom is -0.492 e. The molecule has 0 saturated carbocycles. The number of carbonyl (C=O) groups is 1. The van der Waals surface area contributed by atoms with Crippen molar-refractivity contribution in [2.75, 3.05) is 37.9 Å². The molecule has 0 aliphatic heterocycles. The van der Waals surface area contributed by atoms with Gasteiger partial charge in [0.2, 0.25) is 5.91 Å². The number of nitrogens with zero attached hydrogens (tertiary/aromatic N) is 5. The molecule has 4 aromatic rings. The third-order valence-corrected chi connectivity index (χ3v) is 5.86. The molecule has 0 spiro atoms. The molecule has 0 saturated heterocycles. The number of fused-ring (bicyclic) bond motifs is 1. The topological polar surface area (TPSA) is 136 Å². The zero-order valence-electron chi connectivity index (χ0n) is 23.0. The fourth-order valence-electron chi connectivity index (χ4n) is 3.96. The SMILES string of the molecule is CCOc1cc2ncc(C#N)c(Nc3ccc(OCc4ccccn4)c(C#N)c3)c2cc1NC(=O)/C=C/CN(C)C. The van der Waals surface area contributed by atoms with Crippen LogP contribution in [0.25, 0.3) is 10.9 Å². The summed E-state index contributed by atoms with van der Waals surface area (Å²) < 4.78 is 11.6. The van der Waals surface area contributed by atoms with Gasteiger partial charge in [-0.05, 0) is 57.4 Å². The molecule has 10 nitrogen and oxygen atoms in total. The Hall–Kier alpha value is -5.45. The number of ether oxygens (including phenoxy) is 2. The highest BCUT2D eigenvalue weighted by Gasteiger charge is 2.16. The van der Waals surface area contributed by atoms with Gasteiger partial charge in [0, 0.05) is 42.2 Å². The number of hydrogen-bond acceptors (Lipinski definition) is 9. The van der Waals surface area contributed by atoms with Gasteiger partial charge in [-0.1, -0.05) is 12.1 Å². The molecule has 0 bridgehead atoms. The smallest absolute Gasteiger partial charge is 0.248 e. The van der Waals surface area contributed by atoms with Crippen molar-refractivity contribution in [3.8, 4) is 23.6 Å². The summed E-state index contributed by atoms with van der Waals surface area (Å²) in [5, 5.41) is 26.4. The monoisotopic (exact) mass is 547 g/mol. The summed E-state index contributed by atoms with van der Waals surface area (Å²) in [7, 11) is 3.82. The van der Waals surface area contributed by atoms with Crippen LogP contribution in [-0.2, 0) is 11.4 Å². The van der Waals surface area contributed by atoms with Gasteiger partial charge < -0.3 is 25.0 Å². The molecule has 2 aromatic carbocycles. The second-order valence-corrected chi connectivity index (χ2v) is 9.17. The first-order chi connectivity index (χ1) is 19.9. The van der Waals surface area contributed by atoms with Crippen LogP contribution in [0.3, 0.4) is 0 Å². The molecule has 41 heavy (non-hydrogen) atoms. The zero-order valence-corrected chi connectivity index (χ0v) is 23.0. The lowest BCUT2D eigenvalue weighted by Crippen LogP contribution is -2.13. The minimum absolute atomic E-state index is 0.219. The summed E-state index contributed by atoms with van der Waals surface area (Å²) in [6.45, 7) is 3.07. The Morgan fingerprint density at radius 2 is 1.85 bits per heavy atom. The van der Waals surface area contributed by atoms with Crippen LogP contribution in [0.1, 0.15) is 23.7 Å². The van der Waals surface area contributed by atoms with Crippen LogP contribution in [0.15, 0.2) is 73.1 Å². The van der Waals surface area contributed by atoms with Crippen molar-refractivity contribution in [1.82, 2.24) is 14.9 Å². The molecule has 0 aliphatic rings. The summed E-state index contributed by atoms with van der Waals surface area (Å²) in [4.78, 5) is 23.2. The van der Waals surface area contributed by atoms with E-state index >= 15 is 0 Å². The number of aromatic nitrogens is 2. The average Bonchev–Trinajstić information content (AvgIpc) is 2.97. The van der Waals surface area contributed by atoms with Gasteiger partial charge in [0.1, 0.15) is 30.2 Å². The predicted octanol–water partition coefficient (Wildman–Crippen LogP) is 5.15. The van der Waals surface area contributed by atoms with Crippen LogP contribution >= 0.6 is 0 Å². The maximum atomic E-state index is 12.6. The van der Waals surface area contributed by atoms with E-state index in [0.717, 1.165) is 5.69 Å². The Bertz CT molecular complexity index is 1650. The van der Waals surface area contributed by atoms with E-state index in [1.807, 2.05) is 44.1 Å². The van der Waals surface area contributed by atoms with E-state index in [1.54, 1.807) is 42.6 Å². The molecule has 4 rings (SSSR count). The molecule has 0 radical (unpaired) electrons. The summed E-state index contributed by atoms with van der Waals surface area (Å²) in [5.74, 6) is 0.558. The largest absolute Gasteiger partial charge is 0.492 e. The van der Waals surface area contributed by atoms with Gasteiger partial charge in [0.25, 0.3) is 0 Å². The third kappa shape index (κ3) is 7.35. The van der Waals surface area contributed by atoms with Crippen molar-refractivity contribution in [3.63, 3.8) is 0 Å². The highest BCUT2D eigenvalue weighted by molar-refractivity contribution is 6.04. The second-order valence-electron chi connectivity index (χ2n) is 9.17. The number of rotatable bonds is 11. The van der Waals surface area contributed by atoms with Crippen molar-refractivity contribution in [2.45, 2.75) is 13.5 Å². The summed E-state index contributed by atoms with van der Waals surface area (Å²) in [6, 6.07) is 18.4. The van der Waals surface area contributed by atoms with Crippen LogP contribution in [0, 0.1) is 22.7 Å². The zero-order chi connectivity index (χ0) is 29.2. The lowest BCUT2D eigenvalue weighted by molar-refractivity contribution is -0.111. The maximum Gasteiger partial charge on any atom is 0.248 e. The van der Waals surface area contributed by atoms with Gasteiger partial charge in [-0.2, -0.15) is 10.5 Å². The number of carbonyl (C=O) groups excluding carboxylic acids is 1. The number of amides is 1. The third-order valence-electron chi connectivity index (χ3n) is 5.86. The lowest BCUT2D eigenvalue weighted by Gasteiger charge is -2.16.